The summed E-state index contributed by atoms with van der Waals surface area (Å²) in [4.78, 5) is 0. The van der Waals surface area contributed by atoms with E-state index in [9.17, 15) is 30.6 Å². The zero-order valence-electron chi connectivity index (χ0n) is 72.5. The van der Waals surface area contributed by atoms with Crippen molar-refractivity contribution in [1.29, 1.82) is 0 Å². The van der Waals surface area contributed by atoms with Crippen molar-refractivity contribution in [3.8, 4) is 34.5 Å². The van der Waals surface area contributed by atoms with Gasteiger partial charge in [0.25, 0.3) is 0 Å². The number of ether oxygens (including phenoxy) is 2. The Morgan fingerprint density at radius 3 is 0.343 bits per heavy atom. The Morgan fingerprint density at radius 1 is 0.186 bits per heavy atom. The molecule has 0 amide bonds. The first-order chi connectivity index (χ1) is 44.6. The Morgan fingerprint density at radius 2 is 0.284 bits per heavy atom. The third-order valence-corrected chi connectivity index (χ3v) is 16.7. The van der Waals surface area contributed by atoms with Gasteiger partial charge in [-0.2, -0.15) is 0 Å². The summed E-state index contributed by atoms with van der Waals surface area (Å²) >= 11 is 0. The molecule has 0 unspecified atom stereocenters. The molecule has 6 aromatic carbocycles. The predicted octanol–water partition coefficient (Wildman–Crippen LogP) is 22.2. The van der Waals surface area contributed by atoms with Crippen molar-refractivity contribution in [1.82, 2.24) is 0 Å². The van der Waals surface area contributed by atoms with Crippen molar-refractivity contribution in [3.05, 3.63) is 176 Å². The molecule has 2 radical (unpaired) electrons. The van der Waals surface area contributed by atoms with Crippen molar-refractivity contribution in [2.45, 2.75) is 342 Å². The van der Waals surface area contributed by atoms with Crippen LogP contribution >= 0.6 is 0 Å². The summed E-state index contributed by atoms with van der Waals surface area (Å²) in [5.41, 5.74) is 13.0. The molecule has 0 aromatic heterocycles. The fourth-order valence-corrected chi connectivity index (χ4v) is 9.90. The van der Waals surface area contributed by atoms with Crippen LogP contribution in [0.25, 0.3) is 0 Å². The molecule has 0 spiro atoms. The first kappa shape index (κ1) is 105. The Bertz CT molecular complexity index is 2800. The second-order valence-electron chi connectivity index (χ2n) is 38.8. The average molecular weight is 1670 g/mol. The molecule has 0 fully saturated rings. The summed E-state index contributed by atoms with van der Waals surface area (Å²) in [6.07, 6.45) is 0. The van der Waals surface area contributed by atoms with E-state index in [0.29, 0.717) is 0 Å². The zero-order chi connectivity index (χ0) is 79.4. The van der Waals surface area contributed by atoms with Crippen LogP contribution in [-0.2, 0) is 74.5 Å². The molecule has 0 heterocycles. The largest absolute Gasteiger partial charge is 3.00 e. The van der Waals surface area contributed by atoms with Crippen molar-refractivity contribution in [2.24, 2.45) is 0 Å². The molecule has 570 valence electrons. The normalized spacial score (nSPS) is 12.2. The van der Waals surface area contributed by atoms with Crippen LogP contribution in [0.15, 0.2) is 109 Å². The van der Waals surface area contributed by atoms with Gasteiger partial charge in [-0.05, 0) is 126 Å². The van der Waals surface area contributed by atoms with Crippen LogP contribution in [0.2, 0.25) is 0 Å². The molecule has 102 heavy (non-hydrogen) atoms. The molecule has 0 aliphatic rings. The van der Waals surface area contributed by atoms with E-state index >= 15 is 0 Å². The molecule has 0 bridgehead atoms. The molecule has 10 heteroatoms. The maximum Gasteiger partial charge on any atom is 3.00 e. The molecule has 0 atom stereocenters. The monoisotopic (exact) mass is 1660 g/mol. The molecule has 0 aliphatic heterocycles. The summed E-state index contributed by atoms with van der Waals surface area (Å²) in [5, 5.41) is 70.5. The van der Waals surface area contributed by atoms with Gasteiger partial charge < -0.3 is 40.1 Å². The molecular weight excluding hydrogens is 1520 g/mol. The van der Waals surface area contributed by atoms with E-state index in [-0.39, 0.29) is 181 Å². The van der Waals surface area contributed by atoms with Crippen LogP contribution in [0, 0.1) is 81.7 Å². The maximum absolute atomic E-state index is 11.7. The van der Waals surface area contributed by atoms with Crippen molar-refractivity contribution in [3.63, 3.8) is 0 Å². The minimum atomic E-state index is -0.0711. The van der Waals surface area contributed by atoms with Gasteiger partial charge in [-0.15, -0.1) is 34.5 Å². The quantitative estimate of drug-likeness (QED) is 0.169. The van der Waals surface area contributed by atoms with Gasteiger partial charge in [0.2, 0.25) is 0 Å². The molecule has 6 rings (SSSR count). The molecular formula is C92H146Nd2O8. The van der Waals surface area contributed by atoms with E-state index in [1.807, 2.05) is 64.1 Å². The second kappa shape index (κ2) is 42.5. The number of benzene rings is 6. The molecule has 0 saturated carbocycles. The number of hydrogen-bond donors (Lipinski definition) is 0. The van der Waals surface area contributed by atoms with Gasteiger partial charge in [-0.25, -0.2) is 0 Å². The van der Waals surface area contributed by atoms with Gasteiger partial charge in [0.15, 0.2) is 0 Å². The van der Waals surface area contributed by atoms with Crippen LogP contribution in [0.5, 0.6) is 34.5 Å². The molecule has 0 N–H and O–H groups in total. The fourth-order valence-electron chi connectivity index (χ4n) is 9.90. The van der Waals surface area contributed by atoms with E-state index < -0.39 is 0 Å². The van der Waals surface area contributed by atoms with E-state index in [1.54, 1.807) is 36.4 Å². The summed E-state index contributed by atoms with van der Waals surface area (Å²) in [7, 11) is 0. The van der Waals surface area contributed by atoms with Crippen molar-refractivity contribution < 1.29 is 122 Å². The van der Waals surface area contributed by atoms with Crippen LogP contribution < -0.4 is 30.6 Å². The minimum absolute atomic E-state index is 0. The summed E-state index contributed by atoms with van der Waals surface area (Å²) in [5.74, 6) is 0.892. The van der Waals surface area contributed by atoms with Gasteiger partial charge in [0, 0.05) is 26.4 Å². The van der Waals surface area contributed by atoms with E-state index in [1.165, 1.54) is 33.4 Å². The third kappa shape index (κ3) is 39.0. The van der Waals surface area contributed by atoms with Gasteiger partial charge in [-0.3, -0.25) is 0 Å². The molecule has 0 aliphatic carbocycles. The van der Waals surface area contributed by atoms with E-state index in [2.05, 4.69) is 286 Å². The second-order valence-corrected chi connectivity index (χ2v) is 38.8. The number of hydrogen-bond acceptors (Lipinski definition) is 8. The van der Waals surface area contributed by atoms with Crippen LogP contribution in [-0.4, -0.2) is 26.4 Å². The maximum atomic E-state index is 11.7. The van der Waals surface area contributed by atoms with E-state index in [0.717, 1.165) is 59.8 Å². The smallest absolute Gasteiger partial charge is 0.872 e. The summed E-state index contributed by atoms with van der Waals surface area (Å²) < 4.78 is 9.67. The SMILES string of the molecule is CC(C)(C)c1ccc([O-])c(C(C)(C)C)c1.CC(C)(C)c1ccc([O-])c(C(C)(C)C)c1.CC(C)(C)c1ccc([O-])c(C(C)(C)C)c1.CC(C)(C)c1ccc([O-])c(C(C)(C)C)c1.CC(C)(C)c1ccc([O-])c(C(C)(C)C)c1.CC(C)(C)c1ccc([O-])c(C(C)(C)C)c1.CCOCC.CCOCC.[Nd+3].[Nd+3]. The van der Waals surface area contributed by atoms with Gasteiger partial charge in [-0.1, -0.05) is 392 Å². The summed E-state index contributed by atoms with van der Waals surface area (Å²) in [6.45, 7) is 87.8. The van der Waals surface area contributed by atoms with Gasteiger partial charge in [0.1, 0.15) is 0 Å². The minimum Gasteiger partial charge on any atom is -0.872 e. The Kier molecular flexibility index (Phi) is 43.8. The summed E-state index contributed by atoms with van der Waals surface area (Å²) in [6, 6.07) is 34.2. The Labute approximate surface area is 693 Å². The van der Waals surface area contributed by atoms with Crippen LogP contribution in [0.1, 0.15) is 344 Å². The van der Waals surface area contributed by atoms with E-state index in [4.69, 9.17) is 9.47 Å². The fraction of sp³-hybridized carbons (Fsp3) is 0.609. The van der Waals surface area contributed by atoms with Crippen LogP contribution in [0.4, 0.5) is 0 Å². The van der Waals surface area contributed by atoms with Crippen molar-refractivity contribution in [2.75, 3.05) is 26.4 Å². The van der Waals surface area contributed by atoms with Crippen LogP contribution in [0.3, 0.4) is 0 Å². The van der Waals surface area contributed by atoms with Gasteiger partial charge >= 0.3 is 81.7 Å². The standard InChI is InChI=1S/6C14H22O.2C4H10O.2Nd/c6*1-13(2,3)10-7-8-12(15)11(9-10)14(4,5)6;2*1-3-5-4-2;;/h6*7-9,15H,1-6H3;2*3-4H2,1-2H3;;/q;;;;;;;;2*+3/p-6. The first-order valence-corrected chi connectivity index (χ1v) is 36.6. The number of rotatable bonds is 4. The molecule has 8 nitrogen and oxygen atoms in total. The Hall–Kier alpha value is -3.26. The molecule has 6 aromatic rings. The topological polar surface area (TPSA) is 157 Å². The first-order valence-electron chi connectivity index (χ1n) is 36.6. The Balaban J connectivity index is -0.000000547. The van der Waals surface area contributed by atoms with Gasteiger partial charge in [0.05, 0.1) is 0 Å². The zero-order valence-corrected chi connectivity index (χ0v) is 78.9. The molecule has 0 saturated heterocycles. The predicted molar refractivity (Wildman–Crippen MR) is 424 cm³/mol. The van der Waals surface area contributed by atoms with Crippen molar-refractivity contribution >= 4 is 0 Å². The average Bonchev–Trinajstić information content (AvgIpc) is 0.850. The third-order valence-electron chi connectivity index (χ3n) is 16.7.